The number of ketones is 1. The van der Waals surface area contributed by atoms with Crippen molar-refractivity contribution in [1.29, 1.82) is 0 Å². The summed E-state index contributed by atoms with van der Waals surface area (Å²) in [6, 6.07) is 8.30. The highest BCUT2D eigenvalue weighted by Gasteiger charge is 2.30. The van der Waals surface area contributed by atoms with Gasteiger partial charge in [-0.3, -0.25) is 33.4 Å². The molecule has 188 valence electrons. The van der Waals surface area contributed by atoms with Crippen molar-refractivity contribution < 1.29 is 14.3 Å². The molecule has 2 atom stereocenters. The average Bonchev–Trinajstić information content (AvgIpc) is 3.25. The van der Waals surface area contributed by atoms with Gasteiger partial charge in [0.05, 0.1) is 41.6 Å². The van der Waals surface area contributed by atoms with Crippen molar-refractivity contribution >= 4 is 28.4 Å². The zero-order chi connectivity index (χ0) is 24.8. The summed E-state index contributed by atoms with van der Waals surface area (Å²) in [4.78, 5) is 43.6. The average molecular weight is 512 g/mol. The molecule has 6 heterocycles. The Morgan fingerprint density at radius 1 is 1.11 bits per heavy atom. The molecule has 3 aliphatic rings. The number of aromatic nitrogens is 3. The molecule has 1 saturated heterocycles. The van der Waals surface area contributed by atoms with E-state index in [1.165, 1.54) is 0 Å². The van der Waals surface area contributed by atoms with Gasteiger partial charge in [-0.25, -0.2) is 0 Å². The molecular formula is C25H26ClN5O5. The van der Waals surface area contributed by atoms with Gasteiger partial charge in [0.1, 0.15) is 18.0 Å². The second-order valence-corrected chi connectivity index (χ2v) is 9.91. The Kier molecular flexibility index (Phi) is 6.12. The lowest BCUT2D eigenvalue weighted by Crippen LogP contribution is -2.48. The van der Waals surface area contributed by atoms with E-state index in [4.69, 9.17) is 21.1 Å². The van der Waals surface area contributed by atoms with Gasteiger partial charge < -0.3 is 14.8 Å². The minimum atomic E-state index is -0.105. The summed E-state index contributed by atoms with van der Waals surface area (Å²) >= 11 is 6.37. The first kappa shape index (κ1) is 23.4. The van der Waals surface area contributed by atoms with Crippen LogP contribution in [-0.2, 0) is 29.0 Å². The molecule has 0 radical (unpaired) electrons. The number of hydrogen-bond donors (Lipinski definition) is 1. The van der Waals surface area contributed by atoms with Crippen LogP contribution in [0.4, 0.5) is 0 Å². The molecule has 3 aromatic rings. The highest BCUT2D eigenvalue weighted by atomic mass is 35.5. The summed E-state index contributed by atoms with van der Waals surface area (Å²) in [5.41, 5.74) is 1.82. The second-order valence-electron chi connectivity index (χ2n) is 9.51. The summed E-state index contributed by atoms with van der Waals surface area (Å²) in [6.45, 7) is 4.30. The van der Waals surface area contributed by atoms with Crippen LogP contribution >= 0.6 is 11.6 Å². The lowest BCUT2D eigenvalue weighted by molar-refractivity contribution is -0.121. The third-order valence-electron chi connectivity index (χ3n) is 7.01. The first-order valence-electron chi connectivity index (χ1n) is 12.1. The second kappa shape index (κ2) is 9.44. The Bertz CT molecular complexity index is 1460. The minimum Gasteiger partial charge on any atom is -0.484 e. The predicted octanol–water partition coefficient (Wildman–Crippen LogP) is 0.761. The van der Waals surface area contributed by atoms with E-state index in [1.54, 1.807) is 39.5 Å². The van der Waals surface area contributed by atoms with Crippen molar-refractivity contribution in [2.45, 2.75) is 31.7 Å². The number of fused-ring (bicyclic) bond motifs is 1. The molecule has 10 nitrogen and oxygen atoms in total. The molecule has 1 N–H and O–H groups in total. The van der Waals surface area contributed by atoms with E-state index in [9.17, 15) is 14.4 Å². The van der Waals surface area contributed by atoms with Crippen LogP contribution in [0.2, 0.25) is 5.02 Å². The zero-order valence-electron chi connectivity index (χ0n) is 19.6. The smallest absolute Gasteiger partial charge is 0.252 e. The summed E-state index contributed by atoms with van der Waals surface area (Å²) < 4.78 is 14.8. The number of hydrogen-bond acceptors (Lipinski definition) is 8. The standard InChI is InChI=1S/C25H26ClN5O5/c26-19-8-22-20(7-17(32)14-36-22)28-21(19)10-27-9-18-13-29(5-6-35-18)11-16-12-30-23(33)3-1-15-2-4-24(34)31(16)25(15)30/h1-4,8,16,18,27H,5-7,9-14H2/t16-,18+/m1/s1. The van der Waals surface area contributed by atoms with Gasteiger partial charge in [0.2, 0.25) is 0 Å². The Balaban J connectivity index is 1.08. The largest absolute Gasteiger partial charge is 0.484 e. The van der Waals surface area contributed by atoms with E-state index in [0.29, 0.717) is 67.1 Å². The molecule has 0 unspecified atom stereocenters. The fourth-order valence-electron chi connectivity index (χ4n) is 5.34. The van der Waals surface area contributed by atoms with Crippen molar-refractivity contribution in [3.05, 3.63) is 67.4 Å². The fourth-order valence-corrected chi connectivity index (χ4v) is 5.54. The van der Waals surface area contributed by atoms with E-state index in [2.05, 4.69) is 15.2 Å². The maximum atomic E-state index is 12.7. The Morgan fingerprint density at radius 3 is 2.81 bits per heavy atom. The highest BCUT2D eigenvalue weighted by Crippen LogP contribution is 2.28. The lowest BCUT2D eigenvalue weighted by Gasteiger charge is -2.34. The van der Waals surface area contributed by atoms with Crippen molar-refractivity contribution in [2.24, 2.45) is 0 Å². The molecular weight excluding hydrogens is 486 g/mol. The Morgan fingerprint density at radius 2 is 1.94 bits per heavy atom. The van der Waals surface area contributed by atoms with Crippen molar-refractivity contribution in [2.75, 3.05) is 39.4 Å². The first-order chi connectivity index (χ1) is 17.5. The summed E-state index contributed by atoms with van der Waals surface area (Å²) in [5.74, 6) is 0.571. The van der Waals surface area contributed by atoms with Crippen molar-refractivity contribution in [3.8, 4) is 5.75 Å². The number of nitrogens with zero attached hydrogens (tertiary/aromatic N) is 4. The van der Waals surface area contributed by atoms with Crippen LogP contribution in [0.25, 0.3) is 11.0 Å². The summed E-state index contributed by atoms with van der Waals surface area (Å²) in [6.07, 6.45) is 0.216. The number of ether oxygens (including phenoxy) is 2. The van der Waals surface area contributed by atoms with Gasteiger partial charge >= 0.3 is 0 Å². The van der Waals surface area contributed by atoms with Crippen LogP contribution in [0.1, 0.15) is 17.4 Å². The number of carbonyl (C=O) groups is 1. The molecule has 0 saturated carbocycles. The van der Waals surface area contributed by atoms with Crippen LogP contribution in [-0.4, -0.2) is 70.3 Å². The zero-order valence-corrected chi connectivity index (χ0v) is 20.4. The number of nitrogens with one attached hydrogen (secondary N) is 1. The van der Waals surface area contributed by atoms with Gasteiger partial charge in [-0.15, -0.1) is 0 Å². The van der Waals surface area contributed by atoms with E-state index >= 15 is 0 Å². The number of pyridine rings is 3. The van der Waals surface area contributed by atoms with Crippen molar-refractivity contribution in [1.82, 2.24) is 24.3 Å². The number of halogens is 1. The van der Waals surface area contributed by atoms with Gasteiger partial charge in [-0.05, 0) is 12.1 Å². The quantitative estimate of drug-likeness (QED) is 0.517. The number of morpholine rings is 1. The van der Waals surface area contributed by atoms with E-state index in [0.717, 1.165) is 11.9 Å². The topological polar surface area (TPSA) is 108 Å². The summed E-state index contributed by atoms with van der Waals surface area (Å²) in [5, 5.41) is 4.76. The number of Topliss-reactive ketones (excluding diaryl/α,β-unsaturated/α-hetero) is 1. The van der Waals surface area contributed by atoms with Gasteiger partial charge in [-0.2, -0.15) is 0 Å². The number of rotatable bonds is 6. The SMILES string of the molecule is O=C1COc2cc(Cl)c(CNC[C@H]3CN(C[C@@H]4Cn5c(=O)ccc6ccc(=O)n4c65)CCO3)nc2C1. The highest BCUT2D eigenvalue weighted by molar-refractivity contribution is 6.31. The molecule has 0 spiro atoms. The predicted molar refractivity (Wildman–Crippen MR) is 133 cm³/mol. The third kappa shape index (κ3) is 4.34. The van der Waals surface area contributed by atoms with Gasteiger partial charge in [-0.1, -0.05) is 11.6 Å². The van der Waals surface area contributed by atoms with Crippen LogP contribution in [0, 0.1) is 0 Å². The molecule has 36 heavy (non-hydrogen) atoms. The molecule has 0 bridgehead atoms. The molecule has 0 amide bonds. The molecule has 11 heteroatoms. The van der Waals surface area contributed by atoms with Crippen LogP contribution < -0.4 is 21.2 Å². The molecule has 1 fully saturated rings. The van der Waals surface area contributed by atoms with E-state index in [1.807, 2.05) is 0 Å². The lowest BCUT2D eigenvalue weighted by atomic mass is 10.1. The molecule has 6 rings (SSSR count). The fraction of sp³-hybridized carbons (Fsp3) is 0.440. The van der Waals surface area contributed by atoms with E-state index < -0.39 is 0 Å². The van der Waals surface area contributed by atoms with Gasteiger partial charge in [0, 0.05) is 62.9 Å². The molecule has 0 aliphatic carbocycles. The Labute approximate surface area is 211 Å². The first-order valence-corrected chi connectivity index (χ1v) is 12.5. The van der Waals surface area contributed by atoms with Gasteiger partial charge in [0.25, 0.3) is 11.1 Å². The maximum Gasteiger partial charge on any atom is 0.252 e. The van der Waals surface area contributed by atoms with Gasteiger partial charge in [0.15, 0.2) is 5.78 Å². The molecule has 3 aromatic heterocycles. The Hall–Kier alpha value is -3.05. The minimum absolute atomic E-state index is 0.000613. The van der Waals surface area contributed by atoms with Crippen molar-refractivity contribution in [3.63, 3.8) is 0 Å². The molecule has 3 aliphatic heterocycles. The maximum absolute atomic E-state index is 12.7. The van der Waals surface area contributed by atoms with E-state index in [-0.39, 0.29) is 42.1 Å². The van der Waals surface area contributed by atoms with Crippen LogP contribution in [0.3, 0.4) is 0 Å². The third-order valence-corrected chi connectivity index (χ3v) is 7.34. The van der Waals surface area contributed by atoms with Crippen LogP contribution in [0.15, 0.2) is 39.9 Å². The van der Waals surface area contributed by atoms with Crippen LogP contribution in [0.5, 0.6) is 5.75 Å². The monoisotopic (exact) mass is 511 g/mol. The molecule has 0 aromatic carbocycles. The number of carbonyl (C=O) groups excluding carboxylic acids is 1. The summed E-state index contributed by atoms with van der Waals surface area (Å²) in [7, 11) is 0. The normalized spacial score (nSPS) is 21.5.